The first kappa shape index (κ1) is 18.9. The zero-order valence-electron chi connectivity index (χ0n) is 13.6. The van der Waals surface area contributed by atoms with Gasteiger partial charge in [-0.05, 0) is 30.7 Å². The first-order chi connectivity index (χ1) is 10.6. The number of unbranched alkanes of at least 4 members (excludes halogenated alkanes) is 7. The van der Waals surface area contributed by atoms with Crippen LogP contribution in [0.1, 0.15) is 64.7 Å². The highest BCUT2D eigenvalue weighted by atomic mass is 32.2. The van der Waals surface area contributed by atoms with Gasteiger partial charge in [-0.25, -0.2) is 0 Å². The van der Waals surface area contributed by atoms with Crippen molar-refractivity contribution in [1.29, 1.82) is 0 Å². The van der Waals surface area contributed by atoms with Crippen molar-refractivity contribution in [1.82, 2.24) is 0 Å². The lowest BCUT2D eigenvalue weighted by molar-refractivity contribution is -0.117. The molecule has 0 saturated carbocycles. The molecule has 0 heterocycles. The van der Waals surface area contributed by atoms with E-state index in [-0.39, 0.29) is 16.9 Å². The summed E-state index contributed by atoms with van der Waals surface area (Å²) < 4.78 is 0. The molecule has 0 bridgehead atoms. The van der Waals surface area contributed by atoms with Crippen LogP contribution in [0, 0.1) is 0 Å². The van der Waals surface area contributed by atoms with Gasteiger partial charge in [0.2, 0.25) is 5.91 Å². The lowest BCUT2D eigenvalue weighted by atomic mass is 10.1. The molecule has 3 N–H and O–H groups in total. The molecular weight excluding hydrogens is 294 g/mol. The maximum atomic E-state index is 11.6. The van der Waals surface area contributed by atoms with Crippen molar-refractivity contribution in [3.05, 3.63) is 24.3 Å². The smallest absolute Gasteiger partial charge is 0.230 e. The van der Waals surface area contributed by atoms with E-state index in [1.54, 1.807) is 12.1 Å². The predicted octanol–water partition coefficient (Wildman–Crippen LogP) is 4.87. The van der Waals surface area contributed by atoms with E-state index < -0.39 is 0 Å². The number of nitrogens with two attached hydrogens (primary N) is 1. The highest BCUT2D eigenvalue weighted by Crippen LogP contribution is 2.28. The normalized spacial score (nSPS) is 12.2. The standard InChI is InChI=1S/C18H29NO2S/c1-2-3-4-5-6-7-8-9-10-17(18(19)21)22-16-13-11-15(20)12-14-16/h11-14,17,20H,2-10H2,1H3,(H2,19,21). The third-order valence-corrected chi connectivity index (χ3v) is 5.05. The van der Waals surface area contributed by atoms with Crippen molar-refractivity contribution in [2.75, 3.05) is 0 Å². The molecule has 0 fully saturated rings. The van der Waals surface area contributed by atoms with Gasteiger partial charge in [-0.2, -0.15) is 0 Å². The molecule has 4 heteroatoms. The van der Waals surface area contributed by atoms with Gasteiger partial charge in [0, 0.05) is 4.90 Å². The molecule has 0 aliphatic heterocycles. The van der Waals surface area contributed by atoms with Crippen molar-refractivity contribution in [2.24, 2.45) is 5.73 Å². The lowest BCUT2D eigenvalue weighted by Crippen LogP contribution is -2.25. The number of hydrogen-bond acceptors (Lipinski definition) is 3. The van der Waals surface area contributed by atoms with Crippen LogP contribution < -0.4 is 5.73 Å². The molecule has 1 amide bonds. The molecule has 0 saturated heterocycles. The van der Waals surface area contributed by atoms with Crippen molar-refractivity contribution in [3.8, 4) is 5.75 Å². The number of hydrogen-bond donors (Lipinski definition) is 2. The molecule has 22 heavy (non-hydrogen) atoms. The van der Waals surface area contributed by atoms with Crippen LogP contribution in [0.5, 0.6) is 5.75 Å². The van der Waals surface area contributed by atoms with Crippen LogP contribution >= 0.6 is 11.8 Å². The van der Waals surface area contributed by atoms with Crippen LogP contribution in [0.15, 0.2) is 29.2 Å². The van der Waals surface area contributed by atoms with E-state index in [0.717, 1.165) is 17.7 Å². The van der Waals surface area contributed by atoms with Gasteiger partial charge in [-0.3, -0.25) is 4.79 Å². The summed E-state index contributed by atoms with van der Waals surface area (Å²) in [6.45, 7) is 2.23. The molecule has 124 valence electrons. The summed E-state index contributed by atoms with van der Waals surface area (Å²) in [4.78, 5) is 12.5. The zero-order chi connectivity index (χ0) is 16.2. The monoisotopic (exact) mass is 323 g/mol. The molecule has 1 rings (SSSR count). The van der Waals surface area contributed by atoms with E-state index in [4.69, 9.17) is 5.73 Å². The van der Waals surface area contributed by atoms with E-state index in [1.807, 2.05) is 12.1 Å². The second-order valence-electron chi connectivity index (χ2n) is 5.77. The Morgan fingerprint density at radius 2 is 1.59 bits per heavy atom. The number of carbonyl (C=O) groups excluding carboxylic acids is 1. The number of phenolic OH excluding ortho intramolecular Hbond substituents is 1. The third kappa shape index (κ3) is 8.32. The number of benzene rings is 1. The number of thioether (sulfide) groups is 1. The van der Waals surface area contributed by atoms with Gasteiger partial charge in [-0.1, -0.05) is 58.3 Å². The molecule has 1 atom stereocenters. The van der Waals surface area contributed by atoms with Crippen LogP contribution in [0.4, 0.5) is 0 Å². The fraction of sp³-hybridized carbons (Fsp3) is 0.611. The van der Waals surface area contributed by atoms with Gasteiger partial charge in [-0.15, -0.1) is 11.8 Å². The van der Waals surface area contributed by atoms with Gasteiger partial charge >= 0.3 is 0 Å². The molecule has 0 spiro atoms. The molecule has 1 aromatic carbocycles. The predicted molar refractivity (Wildman–Crippen MR) is 94.2 cm³/mol. The summed E-state index contributed by atoms with van der Waals surface area (Å²) in [6.07, 6.45) is 10.9. The van der Waals surface area contributed by atoms with Crippen molar-refractivity contribution in [2.45, 2.75) is 74.9 Å². The molecular formula is C18H29NO2S. The minimum Gasteiger partial charge on any atom is -0.508 e. The molecule has 1 unspecified atom stereocenters. The second-order valence-corrected chi connectivity index (χ2v) is 7.04. The molecule has 3 nitrogen and oxygen atoms in total. The first-order valence-electron chi connectivity index (χ1n) is 8.38. The Bertz CT molecular complexity index is 420. The number of aromatic hydroxyl groups is 1. The molecule has 0 aromatic heterocycles. The van der Waals surface area contributed by atoms with Crippen LogP contribution in [-0.4, -0.2) is 16.3 Å². The topological polar surface area (TPSA) is 63.3 Å². The van der Waals surface area contributed by atoms with Gasteiger partial charge in [0.25, 0.3) is 0 Å². The Kier molecular flexibility index (Phi) is 9.80. The Labute approximate surface area is 138 Å². The summed E-state index contributed by atoms with van der Waals surface area (Å²) >= 11 is 1.49. The van der Waals surface area contributed by atoms with Crippen LogP contribution in [0.3, 0.4) is 0 Å². The van der Waals surface area contributed by atoms with Gasteiger partial charge in [0.15, 0.2) is 0 Å². The average Bonchev–Trinajstić information content (AvgIpc) is 2.50. The third-order valence-electron chi connectivity index (χ3n) is 3.75. The largest absolute Gasteiger partial charge is 0.508 e. The maximum Gasteiger partial charge on any atom is 0.230 e. The van der Waals surface area contributed by atoms with E-state index in [1.165, 1.54) is 56.7 Å². The van der Waals surface area contributed by atoms with Crippen LogP contribution in [0.25, 0.3) is 0 Å². The zero-order valence-corrected chi connectivity index (χ0v) is 14.4. The number of carbonyl (C=O) groups is 1. The number of phenols is 1. The van der Waals surface area contributed by atoms with E-state index in [9.17, 15) is 9.90 Å². The Balaban J connectivity index is 2.21. The molecule has 0 radical (unpaired) electrons. The number of primary amides is 1. The highest BCUT2D eigenvalue weighted by molar-refractivity contribution is 8.00. The van der Waals surface area contributed by atoms with Crippen LogP contribution in [0.2, 0.25) is 0 Å². The maximum absolute atomic E-state index is 11.6. The van der Waals surface area contributed by atoms with Crippen molar-refractivity contribution in [3.63, 3.8) is 0 Å². The van der Waals surface area contributed by atoms with Crippen LogP contribution in [-0.2, 0) is 4.79 Å². The van der Waals surface area contributed by atoms with Gasteiger partial charge in [0.1, 0.15) is 5.75 Å². The summed E-state index contributed by atoms with van der Waals surface area (Å²) in [6, 6.07) is 6.92. The van der Waals surface area contributed by atoms with E-state index >= 15 is 0 Å². The Hall–Kier alpha value is -1.16. The quantitative estimate of drug-likeness (QED) is 0.426. The van der Waals surface area contributed by atoms with E-state index in [2.05, 4.69) is 6.92 Å². The van der Waals surface area contributed by atoms with Gasteiger partial charge < -0.3 is 10.8 Å². The number of amides is 1. The summed E-state index contributed by atoms with van der Waals surface area (Å²) in [5, 5.41) is 9.10. The summed E-state index contributed by atoms with van der Waals surface area (Å²) in [5.74, 6) is -0.0101. The average molecular weight is 324 g/mol. The van der Waals surface area contributed by atoms with E-state index in [0.29, 0.717) is 0 Å². The minimum atomic E-state index is -0.249. The van der Waals surface area contributed by atoms with Crippen molar-refractivity contribution >= 4 is 17.7 Å². The first-order valence-corrected chi connectivity index (χ1v) is 9.26. The second kappa shape index (κ2) is 11.4. The molecule has 0 aliphatic rings. The Morgan fingerprint density at radius 1 is 1.05 bits per heavy atom. The molecule has 1 aromatic rings. The van der Waals surface area contributed by atoms with Gasteiger partial charge in [0.05, 0.1) is 5.25 Å². The lowest BCUT2D eigenvalue weighted by Gasteiger charge is -2.13. The summed E-state index contributed by atoms with van der Waals surface area (Å²) in [5.41, 5.74) is 5.50. The van der Waals surface area contributed by atoms with Crippen molar-refractivity contribution < 1.29 is 9.90 Å². The fourth-order valence-corrected chi connectivity index (χ4v) is 3.43. The Morgan fingerprint density at radius 3 is 2.14 bits per heavy atom. The SMILES string of the molecule is CCCCCCCCCCC(Sc1ccc(O)cc1)C(N)=O. The molecule has 0 aliphatic carbocycles. The summed E-state index contributed by atoms with van der Waals surface area (Å²) in [7, 11) is 0. The number of rotatable bonds is 12. The minimum absolute atomic E-state index is 0.176. The fourth-order valence-electron chi connectivity index (χ4n) is 2.41. The highest BCUT2D eigenvalue weighted by Gasteiger charge is 2.16.